The Morgan fingerprint density at radius 1 is 1.38 bits per heavy atom. The number of rotatable bonds is 1. The molecule has 0 saturated carbocycles. The SMILES string of the molecule is Cc1cc(Br)ccc1N1CCOC(=O)C1=O. The molecular weight excluding hydrogens is 274 g/mol. The van der Waals surface area contributed by atoms with Gasteiger partial charge in [0.1, 0.15) is 6.61 Å². The Morgan fingerprint density at radius 3 is 2.81 bits per heavy atom. The normalized spacial score (nSPS) is 16.2. The fourth-order valence-electron chi connectivity index (χ4n) is 1.65. The van der Waals surface area contributed by atoms with Crippen molar-refractivity contribution < 1.29 is 14.3 Å². The topological polar surface area (TPSA) is 46.6 Å². The third kappa shape index (κ3) is 1.95. The predicted octanol–water partition coefficient (Wildman–Crippen LogP) is 1.65. The van der Waals surface area contributed by atoms with E-state index in [1.54, 1.807) is 0 Å². The number of hydrogen-bond acceptors (Lipinski definition) is 3. The molecule has 84 valence electrons. The lowest BCUT2D eigenvalue weighted by Gasteiger charge is -2.27. The first kappa shape index (κ1) is 11.1. The molecule has 0 radical (unpaired) electrons. The number of esters is 1. The zero-order valence-corrected chi connectivity index (χ0v) is 10.3. The van der Waals surface area contributed by atoms with Crippen molar-refractivity contribution in [3.8, 4) is 0 Å². The van der Waals surface area contributed by atoms with Crippen molar-refractivity contribution in [3.05, 3.63) is 28.2 Å². The van der Waals surface area contributed by atoms with Gasteiger partial charge >= 0.3 is 11.9 Å². The summed E-state index contributed by atoms with van der Waals surface area (Å²) in [5, 5.41) is 0. The van der Waals surface area contributed by atoms with E-state index in [4.69, 9.17) is 0 Å². The molecule has 5 heteroatoms. The number of carbonyl (C=O) groups excluding carboxylic acids is 2. The largest absolute Gasteiger partial charge is 0.457 e. The van der Waals surface area contributed by atoms with Crippen LogP contribution in [0.3, 0.4) is 0 Å². The first-order valence-corrected chi connectivity index (χ1v) is 5.63. The quantitative estimate of drug-likeness (QED) is 0.582. The Kier molecular flexibility index (Phi) is 2.96. The van der Waals surface area contributed by atoms with Crippen molar-refractivity contribution in [3.63, 3.8) is 0 Å². The van der Waals surface area contributed by atoms with Gasteiger partial charge in [0.15, 0.2) is 0 Å². The maximum Gasteiger partial charge on any atom is 0.397 e. The zero-order chi connectivity index (χ0) is 11.7. The van der Waals surface area contributed by atoms with Crippen LogP contribution in [0.5, 0.6) is 0 Å². The van der Waals surface area contributed by atoms with Crippen molar-refractivity contribution in [2.75, 3.05) is 18.1 Å². The first-order chi connectivity index (χ1) is 7.59. The lowest BCUT2D eigenvalue weighted by atomic mass is 10.1. The molecule has 0 bridgehead atoms. The van der Waals surface area contributed by atoms with E-state index in [0.717, 1.165) is 15.7 Å². The van der Waals surface area contributed by atoms with Crippen molar-refractivity contribution in [2.24, 2.45) is 0 Å². The molecule has 0 aliphatic carbocycles. The smallest absolute Gasteiger partial charge is 0.397 e. The van der Waals surface area contributed by atoms with Gasteiger partial charge in [0.25, 0.3) is 0 Å². The summed E-state index contributed by atoms with van der Waals surface area (Å²) in [4.78, 5) is 24.2. The van der Waals surface area contributed by atoms with Crippen LogP contribution in [0.25, 0.3) is 0 Å². The summed E-state index contributed by atoms with van der Waals surface area (Å²) in [6.07, 6.45) is 0. The van der Waals surface area contributed by atoms with Crippen LogP contribution in [-0.2, 0) is 14.3 Å². The second-order valence-corrected chi connectivity index (χ2v) is 4.44. The van der Waals surface area contributed by atoms with Gasteiger partial charge < -0.3 is 4.74 Å². The summed E-state index contributed by atoms with van der Waals surface area (Å²) in [6.45, 7) is 2.56. The number of hydrogen-bond donors (Lipinski definition) is 0. The van der Waals surface area contributed by atoms with Crippen LogP contribution < -0.4 is 4.90 Å². The fourth-order valence-corrected chi connectivity index (χ4v) is 2.13. The minimum Gasteiger partial charge on any atom is -0.457 e. The van der Waals surface area contributed by atoms with Crippen LogP contribution in [0.1, 0.15) is 5.56 Å². The molecule has 0 aromatic heterocycles. The third-order valence-corrected chi connectivity index (χ3v) is 2.91. The van der Waals surface area contributed by atoms with Gasteiger partial charge in [0, 0.05) is 10.2 Å². The lowest BCUT2D eigenvalue weighted by molar-refractivity contribution is -0.156. The Hall–Kier alpha value is -1.36. The number of cyclic esters (lactones) is 1. The molecule has 1 amide bonds. The van der Waals surface area contributed by atoms with Crippen LogP contribution in [0.2, 0.25) is 0 Å². The number of morpholine rings is 1. The highest BCUT2D eigenvalue weighted by Gasteiger charge is 2.29. The first-order valence-electron chi connectivity index (χ1n) is 4.84. The highest BCUT2D eigenvalue weighted by Crippen LogP contribution is 2.25. The number of ether oxygens (including phenoxy) is 1. The van der Waals surface area contributed by atoms with Gasteiger partial charge in [-0.15, -0.1) is 0 Å². The van der Waals surface area contributed by atoms with Crippen LogP contribution in [-0.4, -0.2) is 25.0 Å². The maximum atomic E-state index is 11.6. The number of halogens is 1. The van der Waals surface area contributed by atoms with E-state index < -0.39 is 11.9 Å². The second kappa shape index (κ2) is 4.25. The molecule has 1 aliphatic heterocycles. The average molecular weight is 284 g/mol. The van der Waals surface area contributed by atoms with Crippen molar-refractivity contribution >= 4 is 33.5 Å². The number of aryl methyl sites for hydroxylation is 1. The van der Waals surface area contributed by atoms with Crippen molar-refractivity contribution in [1.82, 2.24) is 0 Å². The Morgan fingerprint density at radius 2 is 2.12 bits per heavy atom. The second-order valence-electron chi connectivity index (χ2n) is 3.52. The molecule has 4 nitrogen and oxygen atoms in total. The van der Waals surface area contributed by atoms with Crippen LogP contribution in [0.4, 0.5) is 5.69 Å². The molecule has 1 heterocycles. The lowest BCUT2D eigenvalue weighted by Crippen LogP contribution is -2.45. The van der Waals surface area contributed by atoms with E-state index in [-0.39, 0.29) is 6.61 Å². The van der Waals surface area contributed by atoms with Gasteiger partial charge in [-0.25, -0.2) is 4.79 Å². The molecule has 1 aromatic rings. The number of nitrogens with zero attached hydrogens (tertiary/aromatic N) is 1. The van der Waals surface area contributed by atoms with E-state index in [1.165, 1.54) is 4.90 Å². The molecule has 0 N–H and O–H groups in total. The van der Waals surface area contributed by atoms with Gasteiger partial charge in [0.05, 0.1) is 6.54 Å². The van der Waals surface area contributed by atoms with Gasteiger partial charge in [-0.3, -0.25) is 9.69 Å². The molecule has 2 rings (SSSR count). The summed E-state index contributed by atoms with van der Waals surface area (Å²) < 4.78 is 5.61. The number of benzene rings is 1. The summed E-state index contributed by atoms with van der Waals surface area (Å²) in [6, 6.07) is 5.56. The number of amides is 1. The van der Waals surface area contributed by atoms with Crippen LogP contribution >= 0.6 is 15.9 Å². The van der Waals surface area contributed by atoms with E-state index >= 15 is 0 Å². The van der Waals surface area contributed by atoms with Gasteiger partial charge in [0.2, 0.25) is 0 Å². The monoisotopic (exact) mass is 283 g/mol. The van der Waals surface area contributed by atoms with E-state index in [2.05, 4.69) is 20.7 Å². The maximum absolute atomic E-state index is 11.6. The molecule has 0 atom stereocenters. The number of anilines is 1. The van der Waals surface area contributed by atoms with Gasteiger partial charge in [-0.1, -0.05) is 15.9 Å². The Bertz CT molecular complexity index is 459. The summed E-state index contributed by atoms with van der Waals surface area (Å²) >= 11 is 3.35. The van der Waals surface area contributed by atoms with Crippen molar-refractivity contribution in [1.29, 1.82) is 0 Å². The minimum absolute atomic E-state index is 0.250. The molecule has 1 aliphatic rings. The minimum atomic E-state index is -0.784. The Balaban J connectivity index is 2.36. The summed E-state index contributed by atoms with van der Waals surface area (Å²) in [5.41, 5.74) is 1.70. The van der Waals surface area contributed by atoms with Crippen LogP contribution in [0.15, 0.2) is 22.7 Å². The Labute approximate surface area is 101 Å². The zero-order valence-electron chi connectivity index (χ0n) is 8.70. The highest BCUT2D eigenvalue weighted by molar-refractivity contribution is 9.10. The predicted molar refractivity (Wildman–Crippen MR) is 62.2 cm³/mol. The summed E-state index contributed by atoms with van der Waals surface area (Å²) in [5.74, 6) is -1.38. The standard InChI is InChI=1S/C11H10BrNO3/c1-7-6-8(12)2-3-9(7)13-4-5-16-11(15)10(13)14/h2-3,6H,4-5H2,1H3. The van der Waals surface area contributed by atoms with Gasteiger partial charge in [-0.05, 0) is 30.7 Å². The molecule has 1 saturated heterocycles. The third-order valence-electron chi connectivity index (χ3n) is 2.42. The van der Waals surface area contributed by atoms with Crippen molar-refractivity contribution in [2.45, 2.75) is 6.92 Å². The van der Waals surface area contributed by atoms with E-state index in [9.17, 15) is 9.59 Å². The molecule has 1 fully saturated rings. The average Bonchev–Trinajstić information content (AvgIpc) is 2.23. The van der Waals surface area contributed by atoms with E-state index in [0.29, 0.717) is 6.54 Å². The van der Waals surface area contributed by atoms with Crippen LogP contribution in [0, 0.1) is 6.92 Å². The molecule has 16 heavy (non-hydrogen) atoms. The highest BCUT2D eigenvalue weighted by atomic mass is 79.9. The molecular formula is C11H10BrNO3. The molecule has 0 unspecified atom stereocenters. The molecule has 1 aromatic carbocycles. The number of carbonyl (C=O) groups is 2. The fraction of sp³-hybridized carbons (Fsp3) is 0.273. The molecule has 0 spiro atoms. The van der Waals surface area contributed by atoms with E-state index in [1.807, 2.05) is 25.1 Å². The summed E-state index contributed by atoms with van der Waals surface area (Å²) in [7, 11) is 0. The van der Waals surface area contributed by atoms with Gasteiger partial charge in [-0.2, -0.15) is 0 Å².